The second kappa shape index (κ2) is 7.53. The van der Waals surface area contributed by atoms with Crippen molar-refractivity contribution in [3.8, 4) is 0 Å². The smallest absolute Gasteiger partial charge is 0.323 e. The van der Waals surface area contributed by atoms with Gasteiger partial charge in [-0.3, -0.25) is 9.59 Å². The second-order valence-corrected chi connectivity index (χ2v) is 4.28. The number of ether oxygens (including phenoxy) is 1. The topological polar surface area (TPSA) is 66.8 Å². The molecule has 0 spiro atoms. The summed E-state index contributed by atoms with van der Waals surface area (Å²) in [7, 11) is 1.52. The quantitative estimate of drug-likeness (QED) is 0.808. The van der Waals surface area contributed by atoms with Gasteiger partial charge < -0.3 is 14.7 Å². The molecular weight excluding hydrogens is 246 g/mol. The first-order chi connectivity index (χ1) is 9.06. The van der Waals surface area contributed by atoms with E-state index in [4.69, 9.17) is 9.84 Å². The van der Waals surface area contributed by atoms with Crippen LogP contribution in [0.1, 0.15) is 18.4 Å². The molecule has 1 aromatic carbocycles. The molecule has 104 valence electrons. The van der Waals surface area contributed by atoms with Crippen LogP contribution in [-0.4, -0.2) is 48.7 Å². The van der Waals surface area contributed by atoms with E-state index in [1.165, 1.54) is 12.0 Å². The van der Waals surface area contributed by atoms with Gasteiger partial charge in [-0.15, -0.1) is 0 Å². The van der Waals surface area contributed by atoms with E-state index >= 15 is 0 Å². The highest BCUT2D eigenvalue weighted by Crippen LogP contribution is 2.17. The van der Waals surface area contributed by atoms with Crippen molar-refractivity contribution in [2.75, 3.05) is 26.8 Å². The van der Waals surface area contributed by atoms with Gasteiger partial charge in [0.2, 0.25) is 5.91 Å². The average molecular weight is 265 g/mol. The lowest BCUT2D eigenvalue weighted by Crippen LogP contribution is -2.40. The maximum atomic E-state index is 12.3. The summed E-state index contributed by atoms with van der Waals surface area (Å²) in [5.41, 5.74) is 0.875. The van der Waals surface area contributed by atoms with E-state index in [0.717, 1.165) is 5.56 Å². The van der Waals surface area contributed by atoms with Crippen molar-refractivity contribution in [1.82, 2.24) is 4.90 Å². The lowest BCUT2D eigenvalue weighted by molar-refractivity contribution is -0.145. The van der Waals surface area contributed by atoms with E-state index in [9.17, 15) is 9.59 Å². The Morgan fingerprint density at radius 3 is 2.47 bits per heavy atom. The number of rotatable bonds is 7. The van der Waals surface area contributed by atoms with E-state index in [1.54, 1.807) is 6.92 Å². The number of aliphatic carboxylic acids is 1. The van der Waals surface area contributed by atoms with Crippen LogP contribution in [0.25, 0.3) is 0 Å². The lowest BCUT2D eigenvalue weighted by atomic mass is 10.00. The SMILES string of the molecule is COCCN(CC(=O)O)C(=O)[C@H](C)c1ccccc1. The van der Waals surface area contributed by atoms with E-state index in [-0.39, 0.29) is 24.9 Å². The molecule has 0 radical (unpaired) electrons. The third-order valence-corrected chi connectivity index (χ3v) is 2.87. The van der Waals surface area contributed by atoms with Crippen LogP contribution in [-0.2, 0) is 14.3 Å². The van der Waals surface area contributed by atoms with Gasteiger partial charge in [-0.1, -0.05) is 30.3 Å². The van der Waals surface area contributed by atoms with E-state index in [2.05, 4.69) is 0 Å². The molecule has 0 aromatic heterocycles. The second-order valence-electron chi connectivity index (χ2n) is 4.28. The van der Waals surface area contributed by atoms with Crippen molar-refractivity contribution in [2.24, 2.45) is 0 Å². The average Bonchev–Trinajstić information content (AvgIpc) is 2.42. The molecule has 1 rings (SSSR count). The Balaban J connectivity index is 2.77. The number of carbonyl (C=O) groups excluding carboxylic acids is 1. The molecule has 0 aliphatic carbocycles. The first-order valence-electron chi connectivity index (χ1n) is 6.10. The van der Waals surface area contributed by atoms with Gasteiger partial charge >= 0.3 is 5.97 Å². The van der Waals surface area contributed by atoms with Crippen LogP contribution >= 0.6 is 0 Å². The van der Waals surface area contributed by atoms with E-state index < -0.39 is 5.97 Å². The third kappa shape index (κ3) is 4.71. The van der Waals surface area contributed by atoms with Crippen LogP contribution in [0.4, 0.5) is 0 Å². The lowest BCUT2D eigenvalue weighted by Gasteiger charge is -2.24. The highest BCUT2D eigenvalue weighted by atomic mass is 16.5. The molecule has 1 amide bonds. The highest BCUT2D eigenvalue weighted by Gasteiger charge is 2.23. The zero-order valence-electron chi connectivity index (χ0n) is 11.2. The Morgan fingerprint density at radius 1 is 1.32 bits per heavy atom. The Hall–Kier alpha value is -1.88. The summed E-state index contributed by atoms with van der Waals surface area (Å²) in [4.78, 5) is 24.4. The Morgan fingerprint density at radius 2 is 1.95 bits per heavy atom. The van der Waals surface area contributed by atoms with Gasteiger partial charge in [0.05, 0.1) is 12.5 Å². The molecule has 0 heterocycles. The van der Waals surface area contributed by atoms with Gasteiger partial charge in [0.15, 0.2) is 0 Å². The van der Waals surface area contributed by atoms with Crippen LogP contribution in [0.3, 0.4) is 0 Å². The minimum Gasteiger partial charge on any atom is -0.480 e. The van der Waals surface area contributed by atoms with Crippen LogP contribution in [0.2, 0.25) is 0 Å². The van der Waals surface area contributed by atoms with Crippen LogP contribution in [0, 0.1) is 0 Å². The summed E-state index contributed by atoms with van der Waals surface area (Å²) >= 11 is 0. The van der Waals surface area contributed by atoms with Crippen molar-refractivity contribution >= 4 is 11.9 Å². The van der Waals surface area contributed by atoms with Crippen molar-refractivity contribution < 1.29 is 19.4 Å². The van der Waals surface area contributed by atoms with Gasteiger partial charge in [-0.05, 0) is 12.5 Å². The summed E-state index contributed by atoms with van der Waals surface area (Å²) in [6, 6.07) is 9.31. The first kappa shape index (κ1) is 15.2. The standard InChI is InChI=1S/C14H19NO4/c1-11(12-6-4-3-5-7-12)14(18)15(8-9-19-2)10-13(16)17/h3-7,11H,8-10H2,1-2H3,(H,16,17)/t11-/m1/s1. The molecule has 5 heteroatoms. The van der Waals surface area contributed by atoms with Crippen molar-refractivity contribution in [1.29, 1.82) is 0 Å². The fourth-order valence-corrected chi connectivity index (χ4v) is 1.79. The molecule has 0 saturated heterocycles. The summed E-state index contributed by atoms with van der Waals surface area (Å²) in [5, 5.41) is 8.85. The molecule has 19 heavy (non-hydrogen) atoms. The molecule has 5 nitrogen and oxygen atoms in total. The number of hydrogen-bond donors (Lipinski definition) is 1. The predicted octanol–water partition coefficient (Wildman–Crippen LogP) is 1.35. The summed E-state index contributed by atoms with van der Waals surface area (Å²) in [6.07, 6.45) is 0. The van der Waals surface area contributed by atoms with Gasteiger partial charge in [0.1, 0.15) is 6.54 Å². The fourth-order valence-electron chi connectivity index (χ4n) is 1.79. The van der Waals surface area contributed by atoms with Crippen LogP contribution in [0.5, 0.6) is 0 Å². The molecule has 0 saturated carbocycles. The number of amides is 1. The summed E-state index contributed by atoms with van der Waals surface area (Å²) < 4.78 is 4.90. The van der Waals surface area contributed by atoms with Gasteiger partial charge in [0.25, 0.3) is 0 Å². The number of hydrogen-bond acceptors (Lipinski definition) is 3. The van der Waals surface area contributed by atoms with Crippen molar-refractivity contribution in [3.05, 3.63) is 35.9 Å². The number of benzene rings is 1. The van der Waals surface area contributed by atoms with E-state index in [1.807, 2.05) is 30.3 Å². The Bertz CT molecular complexity index is 419. The Kier molecular flexibility index (Phi) is 6.02. The number of carbonyl (C=O) groups is 2. The molecule has 1 atom stereocenters. The zero-order valence-corrected chi connectivity index (χ0v) is 11.2. The molecule has 0 bridgehead atoms. The maximum absolute atomic E-state index is 12.3. The monoisotopic (exact) mass is 265 g/mol. The highest BCUT2D eigenvalue weighted by molar-refractivity contribution is 5.86. The largest absolute Gasteiger partial charge is 0.480 e. The minimum absolute atomic E-state index is 0.203. The van der Waals surface area contributed by atoms with E-state index in [0.29, 0.717) is 6.61 Å². The molecule has 0 fully saturated rings. The third-order valence-electron chi connectivity index (χ3n) is 2.87. The minimum atomic E-state index is -1.02. The molecule has 0 aliphatic heterocycles. The van der Waals surface area contributed by atoms with Crippen molar-refractivity contribution in [2.45, 2.75) is 12.8 Å². The Labute approximate surface area is 112 Å². The molecule has 1 N–H and O–H groups in total. The van der Waals surface area contributed by atoms with Crippen LogP contribution < -0.4 is 0 Å². The fraction of sp³-hybridized carbons (Fsp3) is 0.429. The van der Waals surface area contributed by atoms with Gasteiger partial charge in [-0.25, -0.2) is 0 Å². The van der Waals surface area contributed by atoms with Crippen molar-refractivity contribution in [3.63, 3.8) is 0 Å². The zero-order chi connectivity index (χ0) is 14.3. The molecule has 0 aliphatic rings. The first-order valence-corrected chi connectivity index (χ1v) is 6.10. The number of nitrogens with zero attached hydrogens (tertiary/aromatic N) is 1. The van der Waals surface area contributed by atoms with Gasteiger partial charge in [-0.2, -0.15) is 0 Å². The summed E-state index contributed by atoms with van der Waals surface area (Å²) in [6.45, 7) is 2.07. The van der Waals surface area contributed by atoms with Crippen LogP contribution in [0.15, 0.2) is 30.3 Å². The summed E-state index contributed by atoms with van der Waals surface area (Å²) in [5.74, 6) is -1.59. The molecule has 1 aromatic rings. The van der Waals surface area contributed by atoms with Gasteiger partial charge in [0, 0.05) is 13.7 Å². The predicted molar refractivity (Wildman–Crippen MR) is 70.9 cm³/mol. The number of carboxylic acids is 1. The molecular formula is C14H19NO4. The maximum Gasteiger partial charge on any atom is 0.323 e. The normalized spacial score (nSPS) is 11.9. The molecule has 0 unspecified atom stereocenters. The number of carboxylic acid groups (broad SMARTS) is 1. The number of methoxy groups -OCH3 is 1.